The molecular formula is C27H42O9. The fourth-order valence-corrected chi connectivity index (χ4v) is 3.54. The van der Waals surface area contributed by atoms with Crippen molar-refractivity contribution >= 4 is 23.9 Å². The molecule has 0 amide bonds. The molecule has 0 bridgehead atoms. The summed E-state index contributed by atoms with van der Waals surface area (Å²) in [6, 6.07) is 0. The Kier molecular flexibility index (Phi) is 15.5. The second-order valence-corrected chi connectivity index (χ2v) is 8.86. The molecule has 0 aromatic heterocycles. The van der Waals surface area contributed by atoms with Crippen LogP contribution in [0.25, 0.3) is 0 Å². The molecule has 0 saturated carbocycles. The van der Waals surface area contributed by atoms with Crippen LogP contribution >= 0.6 is 0 Å². The highest BCUT2D eigenvalue weighted by molar-refractivity contribution is 5.72. The van der Waals surface area contributed by atoms with Crippen LogP contribution in [0.15, 0.2) is 0 Å². The van der Waals surface area contributed by atoms with Crippen molar-refractivity contribution < 1.29 is 42.9 Å². The summed E-state index contributed by atoms with van der Waals surface area (Å²) >= 11 is 0. The summed E-state index contributed by atoms with van der Waals surface area (Å²) in [4.78, 5) is 49.8. The van der Waals surface area contributed by atoms with E-state index in [9.17, 15) is 19.2 Å². The molecule has 204 valence electrons. The lowest BCUT2D eigenvalue weighted by atomic mass is 10.0. The summed E-state index contributed by atoms with van der Waals surface area (Å²) in [6.45, 7) is 7.74. The van der Waals surface area contributed by atoms with Crippen molar-refractivity contribution in [1.29, 1.82) is 0 Å². The predicted octanol–water partition coefficient (Wildman–Crippen LogP) is 4.38. The smallest absolute Gasteiger partial charge is 0.308 e. The predicted molar refractivity (Wildman–Crippen MR) is 131 cm³/mol. The van der Waals surface area contributed by atoms with Crippen LogP contribution in [0.2, 0.25) is 0 Å². The van der Waals surface area contributed by atoms with E-state index < -0.39 is 54.6 Å². The molecule has 1 fully saturated rings. The van der Waals surface area contributed by atoms with Crippen molar-refractivity contribution in [3.05, 3.63) is 0 Å². The van der Waals surface area contributed by atoms with E-state index in [0.29, 0.717) is 25.7 Å². The molecule has 0 aromatic carbocycles. The highest BCUT2D eigenvalue weighted by Gasteiger charge is 2.55. The molecule has 9 heteroatoms. The lowest BCUT2D eigenvalue weighted by Gasteiger charge is -2.26. The van der Waals surface area contributed by atoms with Crippen molar-refractivity contribution in [1.82, 2.24) is 0 Å². The van der Waals surface area contributed by atoms with Gasteiger partial charge in [0.25, 0.3) is 0 Å². The number of rotatable bonds is 17. The van der Waals surface area contributed by atoms with Crippen LogP contribution in [0.1, 0.15) is 105 Å². The molecular weight excluding hydrogens is 468 g/mol. The Hall–Kier alpha value is -2.60. The highest BCUT2D eigenvalue weighted by Crippen LogP contribution is 2.32. The Labute approximate surface area is 214 Å². The van der Waals surface area contributed by atoms with E-state index in [0.717, 1.165) is 25.7 Å². The van der Waals surface area contributed by atoms with E-state index in [2.05, 4.69) is 5.92 Å². The van der Waals surface area contributed by atoms with Crippen LogP contribution in [0, 0.1) is 12.3 Å². The Morgan fingerprint density at radius 2 is 1.11 bits per heavy atom. The SMILES string of the molecule is C#CC(OC(=O)CCCC)C1O[C@H](OC(=O)CCCC)C(OC(=O)CCCC)C1OC(=O)CCCC. The molecule has 0 aromatic rings. The van der Waals surface area contributed by atoms with E-state index in [1.165, 1.54) is 0 Å². The van der Waals surface area contributed by atoms with Gasteiger partial charge in [0.05, 0.1) is 0 Å². The average Bonchev–Trinajstić information content (AvgIpc) is 3.17. The summed E-state index contributed by atoms with van der Waals surface area (Å²) in [6.07, 6.45) is 5.51. The van der Waals surface area contributed by atoms with E-state index in [1.54, 1.807) is 0 Å². The molecule has 4 unspecified atom stereocenters. The maximum Gasteiger partial charge on any atom is 0.308 e. The van der Waals surface area contributed by atoms with Gasteiger partial charge < -0.3 is 23.7 Å². The van der Waals surface area contributed by atoms with E-state index >= 15 is 0 Å². The Bertz CT molecular complexity index is 742. The van der Waals surface area contributed by atoms with Crippen molar-refractivity contribution in [2.24, 2.45) is 0 Å². The van der Waals surface area contributed by atoms with Gasteiger partial charge in [0.1, 0.15) is 0 Å². The molecule has 0 N–H and O–H groups in total. The van der Waals surface area contributed by atoms with Gasteiger partial charge in [-0.1, -0.05) is 59.3 Å². The second kappa shape index (κ2) is 17.8. The van der Waals surface area contributed by atoms with Gasteiger partial charge in [-0.05, 0) is 25.7 Å². The molecule has 0 spiro atoms. The molecule has 1 heterocycles. The maximum atomic E-state index is 12.6. The Morgan fingerprint density at radius 1 is 0.694 bits per heavy atom. The van der Waals surface area contributed by atoms with Crippen molar-refractivity contribution in [3.63, 3.8) is 0 Å². The Morgan fingerprint density at radius 3 is 1.56 bits per heavy atom. The number of hydrogen-bond acceptors (Lipinski definition) is 9. The highest BCUT2D eigenvalue weighted by atomic mass is 16.8. The summed E-state index contributed by atoms with van der Waals surface area (Å²) in [7, 11) is 0. The van der Waals surface area contributed by atoms with Gasteiger partial charge in [-0.15, -0.1) is 6.42 Å². The molecule has 1 aliphatic heterocycles. The van der Waals surface area contributed by atoms with E-state index in [4.69, 9.17) is 30.1 Å². The minimum Gasteiger partial charge on any atom is -0.455 e. The number of terminal acetylenes is 1. The third-order valence-electron chi connectivity index (χ3n) is 5.65. The number of unbranched alkanes of at least 4 members (excludes halogenated alkanes) is 4. The Balaban J connectivity index is 3.24. The van der Waals surface area contributed by atoms with Gasteiger partial charge in [-0.25, -0.2) is 0 Å². The van der Waals surface area contributed by atoms with Gasteiger partial charge in [0, 0.05) is 25.7 Å². The monoisotopic (exact) mass is 510 g/mol. The zero-order valence-corrected chi connectivity index (χ0v) is 22.1. The zero-order chi connectivity index (χ0) is 26.9. The van der Waals surface area contributed by atoms with Crippen molar-refractivity contribution in [3.8, 4) is 12.3 Å². The van der Waals surface area contributed by atoms with Gasteiger partial charge in [0.2, 0.25) is 12.4 Å². The third kappa shape index (κ3) is 11.0. The first-order valence-corrected chi connectivity index (χ1v) is 13.2. The molecule has 1 rings (SSSR count). The molecule has 0 radical (unpaired) electrons. The van der Waals surface area contributed by atoms with Gasteiger partial charge >= 0.3 is 23.9 Å². The molecule has 1 aliphatic rings. The third-order valence-corrected chi connectivity index (χ3v) is 5.65. The minimum absolute atomic E-state index is 0.133. The van der Waals surface area contributed by atoms with Gasteiger partial charge in [-0.3, -0.25) is 19.2 Å². The first-order valence-electron chi connectivity index (χ1n) is 13.2. The summed E-state index contributed by atoms with van der Waals surface area (Å²) in [5.41, 5.74) is 0. The quantitative estimate of drug-likeness (QED) is 0.160. The zero-order valence-electron chi connectivity index (χ0n) is 22.1. The van der Waals surface area contributed by atoms with Crippen LogP contribution in [-0.2, 0) is 42.9 Å². The van der Waals surface area contributed by atoms with Crippen molar-refractivity contribution in [2.45, 2.75) is 135 Å². The normalized spacial score (nSPS) is 21.8. The largest absolute Gasteiger partial charge is 0.455 e. The number of ether oxygens (including phenoxy) is 5. The van der Waals surface area contributed by atoms with Crippen LogP contribution in [-0.4, -0.2) is 54.6 Å². The molecule has 0 aliphatic carbocycles. The first kappa shape index (κ1) is 31.4. The van der Waals surface area contributed by atoms with Crippen LogP contribution in [0.4, 0.5) is 0 Å². The number of esters is 4. The molecule has 5 atom stereocenters. The molecule has 36 heavy (non-hydrogen) atoms. The fourth-order valence-electron chi connectivity index (χ4n) is 3.54. The van der Waals surface area contributed by atoms with Crippen LogP contribution in [0.3, 0.4) is 0 Å². The summed E-state index contributed by atoms with van der Waals surface area (Å²) < 4.78 is 28.1. The topological polar surface area (TPSA) is 114 Å². The lowest BCUT2D eigenvalue weighted by molar-refractivity contribution is -0.201. The second-order valence-electron chi connectivity index (χ2n) is 8.86. The summed E-state index contributed by atoms with van der Waals surface area (Å²) in [5.74, 6) is 0.201. The van der Waals surface area contributed by atoms with E-state index in [-0.39, 0.29) is 25.7 Å². The van der Waals surface area contributed by atoms with Gasteiger partial charge in [-0.2, -0.15) is 0 Å². The molecule has 9 nitrogen and oxygen atoms in total. The fraction of sp³-hybridized carbons (Fsp3) is 0.778. The molecule has 1 saturated heterocycles. The van der Waals surface area contributed by atoms with Crippen LogP contribution < -0.4 is 0 Å². The first-order chi connectivity index (χ1) is 17.3. The standard InChI is InChI=1S/C27H42O9/c1-6-11-15-20(28)32-19(10-5)24-25(33-21(29)16-12-7-2)26(34-22(30)17-13-8-3)27(36-24)35-23(31)18-14-9-4/h5,19,24-27H,6-9,11-18H2,1-4H3/t19?,24?,25?,26?,27-/m0/s1. The summed E-state index contributed by atoms with van der Waals surface area (Å²) in [5, 5.41) is 0. The number of carbonyl (C=O) groups excluding carboxylic acids is 4. The maximum absolute atomic E-state index is 12.6. The van der Waals surface area contributed by atoms with Gasteiger partial charge in [0.15, 0.2) is 18.3 Å². The lowest BCUT2D eigenvalue weighted by Crippen LogP contribution is -2.45. The average molecular weight is 511 g/mol. The minimum atomic E-state index is -1.36. The number of carbonyl (C=O) groups is 4. The van der Waals surface area contributed by atoms with Crippen molar-refractivity contribution in [2.75, 3.05) is 0 Å². The van der Waals surface area contributed by atoms with Crippen LogP contribution in [0.5, 0.6) is 0 Å². The van der Waals surface area contributed by atoms with E-state index in [1.807, 2.05) is 27.7 Å². The number of hydrogen-bond donors (Lipinski definition) is 0.